The summed E-state index contributed by atoms with van der Waals surface area (Å²) in [6.07, 6.45) is 3.34. The van der Waals surface area contributed by atoms with Crippen molar-refractivity contribution in [3.63, 3.8) is 0 Å². The van der Waals surface area contributed by atoms with Crippen molar-refractivity contribution in [3.05, 3.63) is 41.1 Å². The van der Waals surface area contributed by atoms with Crippen LogP contribution < -0.4 is 10.6 Å². The largest absolute Gasteiger partial charge is 0.373 e. The second-order valence-electron chi connectivity index (χ2n) is 5.91. The van der Waals surface area contributed by atoms with Gasteiger partial charge in [0.2, 0.25) is 0 Å². The van der Waals surface area contributed by atoms with E-state index >= 15 is 0 Å². The Hall–Kier alpha value is -2.75. The topological polar surface area (TPSA) is 79.6 Å². The Bertz CT molecular complexity index is 678. The molecule has 2 heterocycles. The Labute approximate surface area is 143 Å². The maximum atomic E-state index is 9.23. The van der Waals surface area contributed by atoms with Crippen molar-refractivity contribution in [2.24, 2.45) is 4.99 Å². The van der Waals surface area contributed by atoms with Gasteiger partial charge < -0.3 is 20.4 Å². The summed E-state index contributed by atoms with van der Waals surface area (Å²) in [5.74, 6) is 1.84. The van der Waals surface area contributed by atoms with Crippen molar-refractivity contribution < 1.29 is 0 Å². The van der Waals surface area contributed by atoms with E-state index in [1.165, 1.54) is 0 Å². The van der Waals surface area contributed by atoms with Crippen LogP contribution >= 0.6 is 0 Å². The van der Waals surface area contributed by atoms with Crippen molar-refractivity contribution >= 4 is 5.84 Å². The fraction of sp³-hybridized carbons (Fsp3) is 0.471. The van der Waals surface area contributed by atoms with Crippen molar-refractivity contribution in [2.45, 2.75) is 26.4 Å². The molecule has 0 radical (unpaired) electrons. The summed E-state index contributed by atoms with van der Waals surface area (Å²) in [4.78, 5) is 13.3. The lowest BCUT2D eigenvalue weighted by molar-refractivity contribution is 0.280. The highest BCUT2D eigenvalue weighted by atomic mass is 15.4. The highest BCUT2D eigenvalue weighted by Crippen LogP contribution is 2.23. The van der Waals surface area contributed by atoms with E-state index in [1.807, 2.05) is 21.1 Å². The fourth-order valence-electron chi connectivity index (χ4n) is 2.73. The highest BCUT2D eigenvalue weighted by molar-refractivity contribution is 6.00. The number of nitrogens with one attached hydrogen (secondary N) is 2. The molecule has 0 bridgehead atoms. The molecular formula is C17H25N7. The van der Waals surface area contributed by atoms with Crippen LogP contribution in [-0.2, 0) is 6.54 Å². The molecule has 0 amide bonds. The normalized spacial score (nSPS) is 15.9. The number of hydrogen-bond donors (Lipinski definition) is 2. The lowest BCUT2D eigenvalue weighted by atomic mass is 10.1. The first-order valence-electron chi connectivity index (χ1n) is 7.98. The number of rotatable bonds is 5. The Kier molecular flexibility index (Phi) is 5.64. The first-order valence-corrected chi connectivity index (χ1v) is 7.98. The molecule has 0 saturated carbocycles. The zero-order valence-corrected chi connectivity index (χ0v) is 15.0. The van der Waals surface area contributed by atoms with Crippen molar-refractivity contribution in [1.29, 1.82) is 5.26 Å². The molecule has 1 aromatic rings. The van der Waals surface area contributed by atoms with Gasteiger partial charge in [-0.25, -0.2) is 0 Å². The summed E-state index contributed by atoms with van der Waals surface area (Å²) < 4.78 is 0. The summed E-state index contributed by atoms with van der Waals surface area (Å²) >= 11 is 0. The summed E-state index contributed by atoms with van der Waals surface area (Å²) in [7, 11) is 5.82. The Morgan fingerprint density at radius 3 is 2.71 bits per heavy atom. The van der Waals surface area contributed by atoms with Crippen LogP contribution in [0.25, 0.3) is 0 Å². The highest BCUT2D eigenvalue weighted by Gasteiger charge is 2.32. The van der Waals surface area contributed by atoms with Crippen LogP contribution in [0.1, 0.15) is 25.0 Å². The van der Waals surface area contributed by atoms with Crippen molar-refractivity contribution in [3.8, 4) is 6.07 Å². The Balaban J connectivity index is 2.44. The predicted octanol–water partition coefficient (Wildman–Crippen LogP) is 1.07. The minimum atomic E-state index is 0.322. The summed E-state index contributed by atoms with van der Waals surface area (Å²) in [6.45, 7) is 5.50. The zero-order chi connectivity index (χ0) is 17.7. The molecule has 0 atom stereocenters. The Morgan fingerprint density at radius 2 is 2.12 bits per heavy atom. The molecule has 0 spiro atoms. The molecule has 7 nitrogen and oxygen atoms in total. The first kappa shape index (κ1) is 17.6. The van der Waals surface area contributed by atoms with Gasteiger partial charge in [-0.2, -0.15) is 5.26 Å². The first-order chi connectivity index (χ1) is 11.5. The van der Waals surface area contributed by atoms with Gasteiger partial charge in [-0.3, -0.25) is 9.98 Å². The number of aromatic nitrogens is 1. The van der Waals surface area contributed by atoms with Crippen LogP contribution in [0.4, 0.5) is 0 Å². The maximum absolute atomic E-state index is 9.23. The smallest absolute Gasteiger partial charge is 0.153 e. The van der Waals surface area contributed by atoms with E-state index in [4.69, 9.17) is 4.99 Å². The molecule has 1 aliphatic heterocycles. The van der Waals surface area contributed by atoms with Gasteiger partial charge in [-0.15, -0.1) is 0 Å². The lowest BCUT2D eigenvalue weighted by Crippen LogP contribution is -2.34. The number of likely N-dealkylation sites (N-methyl/N-ethyl adjacent to an activating group) is 1. The van der Waals surface area contributed by atoms with E-state index in [-0.39, 0.29) is 0 Å². The summed E-state index contributed by atoms with van der Waals surface area (Å²) in [5.41, 5.74) is 2.47. The fourth-order valence-corrected chi connectivity index (χ4v) is 2.73. The third kappa shape index (κ3) is 3.43. The quantitative estimate of drug-likeness (QED) is 0.842. The molecule has 1 aromatic heterocycles. The molecule has 0 unspecified atom stereocenters. The van der Waals surface area contributed by atoms with E-state index < -0.39 is 0 Å². The SMILES string of the molecule is CNC(NC)=C1C(=NCc2cnccc2C#N)N(C(C)C)CN1C. The van der Waals surface area contributed by atoms with Crippen molar-refractivity contribution in [1.82, 2.24) is 25.4 Å². The number of aliphatic imine (C=N–C) groups is 1. The van der Waals surface area contributed by atoms with E-state index in [2.05, 4.69) is 45.3 Å². The van der Waals surface area contributed by atoms with Gasteiger partial charge in [-0.1, -0.05) is 0 Å². The number of amidine groups is 1. The van der Waals surface area contributed by atoms with Gasteiger partial charge in [0.1, 0.15) is 11.5 Å². The molecule has 1 aliphatic rings. The van der Waals surface area contributed by atoms with Crippen LogP contribution in [0.15, 0.2) is 35.0 Å². The van der Waals surface area contributed by atoms with Gasteiger partial charge >= 0.3 is 0 Å². The number of pyridine rings is 1. The van der Waals surface area contributed by atoms with Gasteiger partial charge in [0.05, 0.1) is 24.8 Å². The number of hydrogen-bond acceptors (Lipinski definition) is 6. The predicted molar refractivity (Wildman–Crippen MR) is 94.8 cm³/mol. The molecule has 24 heavy (non-hydrogen) atoms. The van der Waals surface area contributed by atoms with Crippen LogP contribution in [0.2, 0.25) is 0 Å². The number of nitriles is 1. The van der Waals surface area contributed by atoms with Crippen LogP contribution in [0.3, 0.4) is 0 Å². The van der Waals surface area contributed by atoms with E-state index in [1.54, 1.807) is 18.5 Å². The third-order valence-corrected chi connectivity index (χ3v) is 4.01. The third-order valence-electron chi connectivity index (χ3n) is 4.01. The molecule has 0 aliphatic carbocycles. The van der Waals surface area contributed by atoms with E-state index in [9.17, 15) is 5.26 Å². The average Bonchev–Trinajstić information content (AvgIpc) is 2.91. The molecule has 2 N–H and O–H groups in total. The molecule has 1 fully saturated rings. The standard InChI is InChI=1S/C17H25N7/c1-12(2)24-11-23(5)15(16(19-3)20-4)17(24)22-10-14-9-21-7-6-13(14)8-18/h6-7,9,12,19-20H,10-11H2,1-5H3. The van der Waals surface area contributed by atoms with Gasteiger partial charge in [0.15, 0.2) is 5.84 Å². The number of nitrogens with zero attached hydrogens (tertiary/aromatic N) is 5. The van der Waals surface area contributed by atoms with Crippen LogP contribution in [-0.4, -0.2) is 54.5 Å². The van der Waals surface area contributed by atoms with Gasteiger partial charge in [-0.05, 0) is 19.9 Å². The molecule has 1 saturated heterocycles. The Morgan fingerprint density at radius 1 is 1.42 bits per heavy atom. The average molecular weight is 327 g/mol. The second-order valence-corrected chi connectivity index (χ2v) is 5.91. The zero-order valence-electron chi connectivity index (χ0n) is 15.0. The minimum absolute atomic E-state index is 0.322. The minimum Gasteiger partial charge on any atom is -0.373 e. The van der Waals surface area contributed by atoms with Gasteiger partial charge in [0.25, 0.3) is 0 Å². The lowest BCUT2D eigenvalue weighted by Gasteiger charge is -2.22. The van der Waals surface area contributed by atoms with Crippen molar-refractivity contribution in [2.75, 3.05) is 27.8 Å². The maximum Gasteiger partial charge on any atom is 0.153 e. The van der Waals surface area contributed by atoms with Gasteiger partial charge in [0, 0.05) is 45.1 Å². The van der Waals surface area contributed by atoms with E-state index in [0.717, 1.165) is 29.6 Å². The molecule has 128 valence electrons. The molecule has 2 rings (SSSR count). The molecule has 7 heteroatoms. The molecule has 0 aromatic carbocycles. The second kappa shape index (κ2) is 7.68. The molecular weight excluding hydrogens is 302 g/mol. The summed E-state index contributed by atoms with van der Waals surface area (Å²) in [5, 5.41) is 15.6. The van der Waals surface area contributed by atoms with Crippen LogP contribution in [0, 0.1) is 11.3 Å². The summed E-state index contributed by atoms with van der Waals surface area (Å²) in [6, 6.07) is 4.24. The monoisotopic (exact) mass is 327 g/mol. The van der Waals surface area contributed by atoms with E-state index in [0.29, 0.717) is 18.2 Å². The van der Waals surface area contributed by atoms with Crippen LogP contribution in [0.5, 0.6) is 0 Å².